The number of methoxy groups -OCH3 is 1. The highest BCUT2D eigenvalue weighted by Gasteiger charge is 2.35. The van der Waals surface area contributed by atoms with Crippen LogP contribution in [-0.4, -0.2) is 26.2 Å². The molecule has 0 bridgehead atoms. The van der Waals surface area contributed by atoms with Crippen LogP contribution in [0.3, 0.4) is 0 Å². The molecule has 1 N–H and O–H groups in total. The summed E-state index contributed by atoms with van der Waals surface area (Å²) in [6, 6.07) is 10.6. The number of carbonyl (C=O) groups excluding carboxylic acids is 1. The minimum Gasteiger partial charge on any atom is -0.486 e. The average molecular weight is 427 g/mol. The lowest BCUT2D eigenvalue weighted by molar-refractivity contribution is 0.0931. The van der Waals surface area contributed by atoms with Crippen molar-refractivity contribution >= 4 is 27.3 Å². The fourth-order valence-electron chi connectivity index (χ4n) is 4.00. The first-order chi connectivity index (χ1) is 14.7. The molecular weight excluding hydrogens is 405 g/mol. The number of rotatable bonds is 6. The molecule has 1 aliphatic carbocycles. The summed E-state index contributed by atoms with van der Waals surface area (Å²) in [5, 5.41) is 3.66. The Labute approximate surface area is 177 Å². The molecule has 1 saturated carbocycles. The van der Waals surface area contributed by atoms with Gasteiger partial charge >= 0.3 is 0 Å². The number of nitrogens with one attached hydrogen (secondary N) is 1. The van der Waals surface area contributed by atoms with Crippen molar-refractivity contribution in [1.82, 2.24) is 5.32 Å². The van der Waals surface area contributed by atoms with Gasteiger partial charge < -0.3 is 19.5 Å². The minimum absolute atomic E-state index is 0.126. The maximum absolute atomic E-state index is 14.5. The summed E-state index contributed by atoms with van der Waals surface area (Å²) in [5.74, 6) is 1.29. The van der Waals surface area contributed by atoms with Crippen molar-refractivity contribution in [3.05, 3.63) is 58.2 Å². The summed E-state index contributed by atoms with van der Waals surface area (Å²) in [6.45, 7) is 1.24. The number of benzene rings is 2. The molecule has 1 unspecified atom stereocenters. The molecule has 156 valence electrons. The predicted octanol–water partition coefficient (Wildman–Crippen LogP) is 4.84. The minimum atomic E-state index is -0.333. The van der Waals surface area contributed by atoms with Gasteiger partial charge in [-0.1, -0.05) is 12.1 Å². The van der Waals surface area contributed by atoms with Crippen LogP contribution in [0.4, 0.5) is 4.39 Å². The van der Waals surface area contributed by atoms with Crippen molar-refractivity contribution in [3.8, 4) is 11.5 Å². The van der Waals surface area contributed by atoms with E-state index in [1.807, 2.05) is 24.3 Å². The number of fused-ring (bicyclic) bond motifs is 2. The van der Waals surface area contributed by atoms with Gasteiger partial charge in [0.15, 0.2) is 11.5 Å². The number of hydrogen-bond donors (Lipinski definition) is 1. The van der Waals surface area contributed by atoms with Crippen LogP contribution in [0.5, 0.6) is 11.5 Å². The van der Waals surface area contributed by atoms with E-state index in [0.717, 1.165) is 28.9 Å². The van der Waals surface area contributed by atoms with Crippen LogP contribution in [0.1, 0.15) is 39.7 Å². The first-order valence-corrected chi connectivity index (χ1v) is 10.9. The normalized spacial score (nSPS) is 16.5. The molecule has 0 radical (unpaired) electrons. The maximum atomic E-state index is 14.5. The van der Waals surface area contributed by atoms with Crippen molar-refractivity contribution in [2.75, 3.05) is 20.3 Å². The number of thiophene rings is 1. The fraction of sp³-hybridized carbons (Fsp3) is 0.348. The quantitative estimate of drug-likeness (QED) is 0.612. The number of ether oxygens (including phenoxy) is 3. The molecule has 30 heavy (non-hydrogen) atoms. The Bertz CT molecular complexity index is 1110. The summed E-state index contributed by atoms with van der Waals surface area (Å²) < 4.78 is 31.8. The maximum Gasteiger partial charge on any atom is 0.262 e. The highest BCUT2D eigenvalue weighted by atomic mass is 32.1. The van der Waals surface area contributed by atoms with E-state index >= 15 is 0 Å². The largest absolute Gasteiger partial charge is 0.486 e. The summed E-state index contributed by atoms with van der Waals surface area (Å²) in [7, 11) is 1.55. The average Bonchev–Trinajstić information content (AvgIpc) is 3.53. The standard InChI is InChI=1S/C23H22FNO4S/c1-27-12-15-20-16(24)3-2-4-19(20)30-22(15)23(26)25-21(13-5-6-13)14-7-8-17-18(11-14)29-10-9-28-17/h2-4,7-8,11,13,21H,5-6,9-10,12H2,1H3,(H,25,26). The van der Waals surface area contributed by atoms with Crippen molar-refractivity contribution < 1.29 is 23.4 Å². The fourth-order valence-corrected chi connectivity index (χ4v) is 5.12. The SMILES string of the molecule is COCc1c(C(=O)NC(c2ccc3c(c2)OCCO3)C2CC2)sc2cccc(F)c12. The van der Waals surface area contributed by atoms with Crippen LogP contribution in [0.25, 0.3) is 10.1 Å². The number of hydrogen-bond acceptors (Lipinski definition) is 5. The predicted molar refractivity (Wildman–Crippen MR) is 113 cm³/mol. The summed E-state index contributed by atoms with van der Waals surface area (Å²) >= 11 is 1.30. The van der Waals surface area contributed by atoms with E-state index in [9.17, 15) is 9.18 Å². The zero-order chi connectivity index (χ0) is 20.7. The molecule has 2 heterocycles. The zero-order valence-corrected chi connectivity index (χ0v) is 17.4. The van der Waals surface area contributed by atoms with Gasteiger partial charge in [-0.25, -0.2) is 4.39 Å². The Kier molecular flexibility index (Phi) is 5.08. The van der Waals surface area contributed by atoms with E-state index in [1.54, 1.807) is 13.2 Å². The molecular formula is C23H22FNO4S. The van der Waals surface area contributed by atoms with Crippen molar-refractivity contribution in [2.24, 2.45) is 5.92 Å². The molecule has 1 fully saturated rings. The van der Waals surface area contributed by atoms with E-state index < -0.39 is 0 Å². The Morgan fingerprint density at radius 1 is 1.23 bits per heavy atom. The first-order valence-electron chi connectivity index (χ1n) is 10.0. The molecule has 7 heteroatoms. The number of halogens is 1. The van der Waals surface area contributed by atoms with E-state index in [0.29, 0.717) is 40.7 Å². The van der Waals surface area contributed by atoms with Crippen LogP contribution in [0.2, 0.25) is 0 Å². The Hall–Kier alpha value is -2.64. The molecule has 2 aromatic carbocycles. The van der Waals surface area contributed by atoms with Crippen molar-refractivity contribution in [2.45, 2.75) is 25.5 Å². The second-order valence-corrected chi connectivity index (χ2v) is 8.70. The van der Waals surface area contributed by atoms with E-state index in [1.165, 1.54) is 17.4 Å². The van der Waals surface area contributed by atoms with Crippen molar-refractivity contribution in [1.29, 1.82) is 0 Å². The van der Waals surface area contributed by atoms with E-state index in [4.69, 9.17) is 14.2 Å². The molecule has 1 aromatic heterocycles. The topological polar surface area (TPSA) is 56.8 Å². The van der Waals surface area contributed by atoms with Crippen LogP contribution < -0.4 is 14.8 Å². The second kappa shape index (κ2) is 7.89. The van der Waals surface area contributed by atoms with E-state index in [-0.39, 0.29) is 24.4 Å². The summed E-state index contributed by atoms with van der Waals surface area (Å²) in [4.78, 5) is 13.8. The lowest BCUT2D eigenvalue weighted by Crippen LogP contribution is -2.30. The second-order valence-electron chi connectivity index (χ2n) is 7.65. The molecule has 3 aromatic rings. The Morgan fingerprint density at radius 2 is 2.03 bits per heavy atom. The van der Waals surface area contributed by atoms with Gasteiger partial charge in [-0.3, -0.25) is 4.79 Å². The van der Waals surface area contributed by atoms with Gasteiger partial charge in [0, 0.05) is 22.8 Å². The molecule has 0 saturated heterocycles. The molecule has 2 aliphatic rings. The van der Waals surface area contributed by atoms with Gasteiger partial charge in [-0.2, -0.15) is 0 Å². The molecule has 1 amide bonds. The van der Waals surface area contributed by atoms with Crippen LogP contribution in [-0.2, 0) is 11.3 Å². The summed E-state index contributed by atoms with van der Waals surface area (Å²) in [5.41, 5.74) is 1.60. The third kappa shape index (κ3) is 3.52. The smallest absolute Gasteiger partial charge is 0.262 e. The third-order valence-corrected chi connectivity index (χ3v) is 6.76. The molecule has 1 aliphatic heterocycles. The summed E-state index contributed by atoms with van der Waals surface area (Å²) in [6.07, 6.45) is 2.12. The third-order valence-electron chi connectivity index (χ3n) is 5.56. The van der Waals surface area contributed by atoms with Crippen LogP contribution in [0.15, 0.2) is 36.4 Å². The molecule has 1 atom stereocenters. The van der Waals surface area contributed by atoms with Gasteiger partial charge in [-0.15, -0.1) is 11.3 Å². The highest BCUT2D eigenvalue weighted by molar-refractivity contribution is 7.21. The molecule has 5 rings (SSSR count). The van der Waals surface area contributed by atoms with Crippen LogP contribution in [0, 0.1) is 11.7 Å². The van der Waals surface area contributed by atoms with Gasteiger partial charge in [0.25, 0.3) is 5.91 Å². The monoisotopic (exact) mass is 427 g/mol. The van der Waals surface area contributed by atoms with Gasteiger partial charge in [0.1, 0.15) is 19.0 Å². The van der Waals surface area contributed by atoms with Crippen LogP contribution >= 0.6 is 11.3 Å². The number of carbonyl (C=O) groups is 1. The Morgan fingerprint density at radius 3 is 2.80 bits per heavy atom. The lowest BCUT2D eigenvalue weighted by atomic mass is 10.0. The first kappa shape index (κ1) is 19.3. The molecule has 5 nitrogen and oxygen atoms in total. The van der Waals surface area contributed by atoms with Gasteiger partial charge in [-0.05, 0) is 48.6 Å². The highest BCUT2D eigenvalue weighted by Crippen LogP contribution is 2.44. The lowest BCUT2D eigenvalue weighted by Gasteiger charge is -2.23. The Balaban J connectivity index is 1.47. The number of amides is 1. The van der Waals surface area contributed by atoms with Gasteiger partial charge in [0.05, 0.1) is 17.5 Å². The molecule has 0 spiro atoms. The van der Waals surface area contributed by atoms with Gasteiger partial charge in [0.2, 0.25) is 0 Å². The zero-order valence-electron chi connectivity index (χ0n) is 16.6. The van der Waals surface area contributed by atoms with E-state index in [2.05, 4.69) is 5.32 Å². The van der Waals surface area contributed by atoms with Crippen molar-refractivity contribution in [3.63, 3.8) is 0 Å².